The minimum atomic E-state index is 0.00648. The number of hydrogen-bond donors (Lipinski definition) is 0. The van der Waals surface area contributed by atoms with E-state index in [0.717, 1.165) is 24.6 Å². The first kappa shape index (κ1) is 11.4. The highest BCUT2D eigenvalue weighted by Crippen LogP contribution is 2.29. The molecule has 19 heavy (non-hydrogen) atoms. The van der Waals surface area contributed by atoms with E-state index < -0.39 is 0 Å². The molecule has 4 heterocycles. The van der Waals surface area contributed by atoms with Gasteiger partial charge in [-0.25, -0.2) is 4.98 Å². The highest BCUT2D eigenvalue weighted by atomic mass is 32.1. The Hall–Kier alpha value is -1.40. The Labute approximate surface area is 115 Å². The summed E-state index contributed by atoms with van der Waals surface area (Å²) in [5.41, 5.74) is 0.00648. The molecular formula is C13H16N4OS. The van der Waals surface area contributed by atoms with Gasteiger partial charge in [-0.15, -0.1) is 0 Å². The van der Waals surface area contributed by atoms with E-state index in [9.17, 15) is 4.79 Å². The second kappa shape index (κ2) is 4.31. The van der Waals surface area contributed by atoms with E-state index >= 15 is 0 Å². The van der Waals surface area contributed by atoms with Crippen LogP contribution in [-0.2, 0) is 0 Å². The van der Waals surface area contributed by atoms with Crippen LogP contribution in [0.1, 0.15) is 12.8 Å². The van der Waals surface area contributed by atoms with Gasteiger partial charge in [-0.1, -0.05) is 11.3 Å². The lowest BCUT2D eigenvalue weighted by Crippen LogP contribution is -2.50. The molecule has 4 rings (SSSR count). The molecule has 0 amide bonds. The van der Waals surface area contributed by atoms with Crippen LogP contribution in [0.2, 0.25) is 0 Å². The zero-order valence-corrected chi connectivity index (χ0v) is 11.5. The molecule has 2 aromatic rings. The fraction of sp³-hybridized carbons (Fsp3) is 0.538. The van der Waals surface area contributed by atoms with Crippen molar-refractivity contribution in [2.24, 2.45) is 0 Å². The normalized spacial score (nSPS) is 24.0. The number of hydrogen-bond acceptors (Lipinski definition) is 5. The van der Waals surface area contributed by atoms with E-state index in [0.29, 0.717) is 6.04 Å². The van der Waals surface area contributed by atoms with Crippen molar-refractivity contribution >= 4 is 21.3 Å². The quantitative estimate of drug-likeness (QED) is 0.780. The molecule has 2 aliphatic rings. The second-order valence-electron chi connectivity index (χ2n) is 5.28. The molecule has 100 valence electrons. The lowest BCUT2D eigenvalue weighted by Gasteiger charge is -2.37. The molecule has 0 bridgehead atoms. The fourth-order valence-electron chi connectivity index (χ4n) is 3.16. The minimum Gasteiger partial charge on any atom is -0.359 e. The molecule has 5 nitrogen and oxygen atoms in total. The summed E-state index contributed by atoms with van der Waals surface area (Å²) in [5.74, 6) is 0. The number of aromatic nitrogens is 2. The number of nitrogens with zero attached hydrogens (tertiary/aromatic N) is 4. The van der Waals surface area contributed by atoms with Crippen molar-refractivity contribution in [3.05, 3.63) is 28.8 Å². The SMILES string of the molecule is O=c1ccnc2sc(N3CCN4CCC[C@@H]4C3)cn12. The number of rotatable bonds is 1. The van der Waals surface area contributed by atoms with Crippen molar-refractivity contribution in [3.8, 4) is 0 Å². The van der Waals surface area contributed by atoms with Gasteiger partial charge in [0.1, 0.15) is 5.00 Å². The highest BCUT2D eigenvalue weighted by molar-refractivity contribution is 7.20. The number of anilines is 1. The molecule has 2 fully saturated rings. The van der Waals surface area contributed by atoms with E-state index in [2.05, 4.69) is 14.8 Å². The lowest BCUT2D eigenvalue weighted by molar-refractivity contribution is 0.231. The Bertz CT molecular complexity index is 664. The monoisotopic (exact) mass is 276 g/mol. The van der Waals surface area contributed by atoms with Gasteiger partial charge >= 0.3 is 0 Å². The zero-order valence-electron chi connectivity index (χ0n) is 10.7. The number of piperazine rings is 1. The van der Waals surface area contributed by atoms with Gasteiger partial charge in [-0.3, -0.25) is 14.1 Å². The molecule has 0 radical (unpaired) electrons. The predicted octanol–water partition coefficient (Wildman–Crippen LogP) is 1.04. The van der Waals surface area contributed by atoms with Gasteiger partial charge < -0.3 is 4.90 Å². The van der Waals surface area contributed by atoms with Crippen LogP contribution in [0.3, 0.4) is 0 Å². The van der Waals surface area contributed by atoms with Crippen molar-refractivity contribution in [3.63, 3.8) is 0 Å². The maximum Gasteiger partial charge on any atom is 0.258 e. The summed E-state index contributed by atoms with van der Waals surface area (Å²) in [7, 11) is 0. The van der Waals surface area contributed by atoms with Gasteiger partial charge in [0.15, 0.2) is 4.96 Å². The first-order valence-electron chi connectivity index (χ1n) is 6.77. The van der Waals surface area contributed by atoms with E-state index in [1.807, 2.05) is 6.20 Å². The molecule has 2 aromatic heterocycles. The standard InChI is InChI=1S/C13H16N4OS/c18-11-3-4-14-13-17(11)9-12(19-13)16-7-6-15-5-1-2-10(15)8-16/h3-4,9-10H,1-2,5-8H2/t10-/m1/s1. The molecule has 0 unspecified atom stereocenters. The van der Waals surface area contributed by atoms with Gasteiger partial charge in [0.05, 0.1) is 0 Å². The summed E-state index contributed by atoms with van der Waals surface area (Å²) in [5, 5.41) is 1.17. The molecule has 0 N–H and O–H groups in total. The van der Waals surface area contributed by atoms with Crippen LogP contribution in [0.4, 0.5) is 5.00 Å². The van der Waals surface area contributed by atoms with Crippen LogP contribution in [0.15, 0.2) is 23.3 Å². The summed E-state index contributed by atoms with van der Waals surface area (Å²) in [6.45, 7) is 4.53. The first-order chi connectivity index (χ1) is 9.31. The van der Waals surface area contributed by atoms with Crippen LogP contribution in [-0.4, -0.2) is 46.5 Å². The maximum absolute atomic E-state index is 11.8. The Kier molecular flexibility index (Phi) is 2.60. The molecule has 6 heteroatoms. The van der Waals surface area contributed by atoms with E-state index in [1.54, 1.807) is 21.9 Å². The van der Waals surface area contributed by atoms with Gasteiger partial charge in [0.25, 0.3) is 5.56 Å². The van der Waals surface area contributed by atoms with Crippen LogP contribution in [0.5, 0.6) is 0 Å². The molecule has 2 aliphatic heterocycles. The van der Waals surface area contributed by atoms with Crippen LogP contribution >= 0.6 is 11.3 Å². The maximum atomic E-state index is 11.8. The molecule has 0 saturated carbocycles. The Balaban J connectivity index is 1.67. The highest BCUT2D eigenvalue weighted by Gasteiger charge is 2.31. The second-order valence-corrected chi connectivity index (χ2v) is 6.27. The fourth-order valence-corrected chi connectivity index (χ4v) is 4.16. The molecule has 1 atom stereocenters. The molecular weight excluding hydrogens is 260 g/mol. The van der Waals surface area contributed by atoms with Crippen LogP contribution in [0.25, 0.3) is 4.96 Å². The predicted molar refractivity (Wildman–Crippen MR) is 76.1 cm³/mol. The van der Waals surface area contributed by atoms with Crippen molar-refractivity contribution < 1.29 is 0 Å². The van der Waals surface area contributed by atoms with Crippen LogP contribution < -0.4 is 10.5 Å². The van der Waals surface area contributed by atoms with Gasteiger partial charge in [0, 0.05) is 44.1 Å². The topological polar surface area (TPSA) is 40.9 Å². The van der Waals surface area contributed by atoms with E-state index in [4.69, 9.17) is 0 Å². The molecule has 0 aromatic carbocycles. The third kappa shape index (κ3) is 1.86. The van der Waals surface area contributed by atoms with Crippen molar-refractivity contribution in [1.29, 1.82) is 0 Å². The molecule has 0 spiro atoms. The zero-order chi connectivity index (χ0) is 12.8. The number of fused-ring (bicyclic) bond motifs is 2. The van der Waals surface area contributed by atoms with Crippen molar-refractivity contribution in [2.45, 2.75) is 18.9 Å². The number of thiazole rings is 1. The van der Waals surface area contributed by atoms with Gasteiger partial charge in [0.2, 0.25) is 0 Å². The van der Waals surface area contributed by atoms with E-state index in [-0.39, 0.29) is 5.56 Å². The summed E-state index contributed by atoms with van der Waals surface area (Å²) < 4.78 is 1.65. The third-order valence-electron chi connectivity index (χ3n) is 4.18. The molecule has 2 saturated heterocycles. The smallest absolute Gasteiger partial charge is 0.258 e. The van der Waals surface area contributed by atoms with Crippen molar-refractivity contribution in [1.82, 2.24) is 14.3 Å². The average molecular weight is 276 g/mol. The molecule has 0 aliphatic carbocycles. The Morgan fingerprint density at radius 1 is 1.32 bits per heavy atom. The Morgan fingerprint density at radius 3 is 3.16 bits per heavy atom. The van der Waals surface area contributed by atoms with Gasteiger partial charge in [-0.05, 0) is 19.4 Å². The Morgan fingerprint density at radius 2 is 2.26 bits per heavy atom. The largest absolute Gasteiger partial charge is 0.359 e. The summed E-state index contributed by atoms with van der Waals surface area (Å²) >= 11 is 1.61. The first-order valence-corrected chi connectivity index (χ1v) is 7.59. The summed E-state index contributed by atoms with van der Waals surface area (Å²) in [6, 6.07) is 2.21. The van der Waals surface area contributed by atoms with E-state index in [1.165, 1.54) is 30.5 Å². The third-order valence-corrected chi connectivity index (χ3v) is 5.24. The van der Waals surface area contributed by atoms with Gasteiger partial charge in [-0.2, -0.15) is 0 Å². The lowest BCUT2D eigenvalue weighted by atomic mass is 10.2. The summed E-state index contributed by atoms with van der Waals surface area (Å²) in [6.07, 6.45) is 6.17. The van der Waals surface area contributed by atoms with Crippen LogP contribution in [0, 0.1) is 0 Å². The average Bonchev–Trinajstić information content (AvgIpc) is 3.04. The summed E-state index contributed by atoms with van der Waals surface area (Å²) in [4.78, 5) is 21.8. The minimum absolute atomic E-state index is 0.00648. The van der Waals surface area contributed by atoms with Crippen molar-refractivity contribution in [2.75, 3.05) is 31.1 Å².